The molecule has 0 saturated carbocycles. The van der Waals surface area contributed by atoms with Gasteiger partial charge in [-0.15, -0.1) is 0 Å². The first-order chi connectivity index (χ1) is 15.7. The maximum Gasteiger partial charge on any atom is 0.227 e. The maximum absolute atomic E-state index is 6.05. The highest BCUT2D eigenvalue weighted by molar-refractivity contribution is 5.64. The summed E-state index contributed by atoms with van der Waals surface area (Å²) in [5, 5.41) is 3.22. The first kappa shape index (κ1) is 21.9. The number of methoxy groups -OCH3 is 1. The van der Waals surface area contributed by atoms with Gasteiger partial charge in [-0.3, -0.25) is 0 Å². The molecule has 0 atom stereocenters. The Balaban J connectivity index is 1.44. The Hall–Kier alpha value is -3.36. The molecule has 32 heavy (non-hydrogen) atoms. The standard InChI is InChI=1S/C24H28N4O4/c1-29-23-16-18(4-7-22(23)31-15-11-25)27-24-26-12-8-21(28-24)17-2-5-19(6-3-17)32-20-9-13-30-14-10-20/h2-8,12,16,20H,9-11,13-15,25H2,1H3,(H,26,27,28). The summed E-state index contributed by atoms with van der Waals surface area (Å²) in [5.41, 5.74) is 8.10. The maximum atomic E-state index is 6.05. The second-order valence-electron chi connectivity index (χ2n) is 7.35. The van der Waals surface area contributed by atoms with E-state index in [9.17, 15) is 0 Å². The third-order valence-corrected chi connectivity index (χ3v) is 5.07. The van der Waals surface area contributed by atoms with Gasteiger partial charge in [-0.05, 0) is 42.5 Å². The fraction of sp³-hybridized carbons (Fsp3) is 0.333. The van der Waals surface area contributed by atoms with E-state index in [0.29, 0.717) is 30.6 Å². The molecule has 0 radical (unpaired) electrons. The van der Waals surface area contributed by atoms with E-state index >= 15 is 0 Å². The van der Waals surface area contributed by atoms with Crippen molar-refractivity contribution in [3.05, 3.63) is 54.7 Å². The van der Waals surface area contributed by atoms with Gasteiger partial charge in [0, 0.05) is 42.9 Å². The molecule has 1 aliphatic rings. The average Bonchev–Trinajstić information content (AvgIpc) is 2.84. The predicted octanol–water partition coefficient (Wildman–Crippen LogP) is 3.79. The molecule has 0 aliphatic carbocycles. The molecular weight excluding hydrogens is 408 g/mol. The van der Waals surface area contributed by atoms with Crippen molar-refractivity contribution >= 4 is 11.6 Å². The zero-order valence-electron chi connectivity index (χ0n) is 18.1. The molecule has 0 bridgehead atoms. The number of benzene rings is 2. The van der Waals surface area contributed by atoms with Crippen LogP contribution in [-0.2, 0) is 4.74 Å². The lowest BCUT2D eigenvalue weighted by molar-refractivity contribution is 0.0256. The number of anilines is 2. The van der Waals surface area contributed by atoms with Crippen molar-refractivity contribution in [1.82, 2.24) is 9.97 Å². The molecule has 8 nitrogen and oxygen atoms in total. The molecule has 0 amide bonds. The number of ether oxygens (including phenoxy) is 4. The lowest BCUT2D eigenvalue weighted by Crippen LogP contribution is -2.25. The van der Waals surface area contributed by atoms with Gasteiger partial charge in [0.1, 0.15) is 18.5 Å². The molecule has 3 N–H and O–H groups in total. The van der Waals surface area contributed by atoms with Crippen molar-refractivity contribution in [3.8, 4) is 28.5 Å². The molecule has 1 aromatic heterocycles. The Labute approximate surface area is 187 Å². The Bertz CT molecular complexity index is 1010. The molecule has 2 aromatic carbocycles. The lowest BCUT2D eigenvalue weighted by Gasteiger charge is -2.23. The minimum absolute atomic E-state index is 0.216. The molecule has 3 aromatic rings. The summed E-state index contributed by atoms with van der Waals surface area (Å²) < 4.78 is 22.4. The van der Waals surface area contributed by atoms with Crippen LogP contribution in [0.25, 0.3) is 11.3 Å². The van der Waals surface area contributed by atoms with Crippen molar-refractivity contribution < 1.29 is 18.9 Å². The Morgan fingerprint density at radius 3 is 2.62 bits per heavy atom. The quantitative estimate of drug-likeness (QED) is 0.523. The monoisotopic (exact) mass is 436 g/mol. The molecule has 0 spiro atoms. The van der Waals surface area contributed by atoms with Gasteiger partial charge in [-0.1, -0.05) is 0 Å². The summed E-state index contributed by atoms with van der Waals surface area (Å²) in [4.78, 5) is 8.98. The third-order valence-electron chi connectivity index (χ3n) is 5.07. The van der Waals surface area contributed by atoms with E-state index in [0.717, 1.165) is 48.7 Å². The SMILES string of the molecule is COc1cc(Nc2nccc(-c3ccc(OC4CCOCC4)cc3)n2)ccc1OCCN. The molecule has 4 rings (SSSR count). The topological polar surface area (TPSA) is 101 Å². The molecule has 1 saturated heterocycles. The van der Waals surface area contributed by atoms with Gasteiger partial charge in [0.05, 0.1) is 26.0 Å². The number of hydrogen-bond donors (Lipinski definition) is 2. The highest BCUT2D eigenvalue weighted by Gasteiger charge is 2.15. The smallest absolute Gasteiger partial charge is 0.227 e. The Kier molecular flexibility index (Phi) is 7.37. The van der Waals surface area contributed by atoms with Gasteiger partial charge in [-0.2, -0.15) is 0 Å². The molecule has 0 unspecified atom stereocenters. The van der Waals surface area contributed by atoms with E-state index in [4.69, 9.17) is 24.7 Å². The number of nitrogens with two attached hydrogens (primary N) is 1. The summed E-state index contributed by atoms with van der Waals surface area (Å²) in [6.45, 7) is 2.38. The molecule has 168 valence electrons. The van der Waals surface area contributed by atoms with Crippen LogP contribution in [-0.4, -0.2) is 49.5 Å². The van der Waals surface area contributed by atoms with Gasteiger partial charge in [0.25, 0.3) is 0 Å². The summed E-state index contributed by atoms with van der Waals surface area (Å²) >= 11 is 0. The van der Waals surface area contributed by atoms with Gasteiger partial charge in [0.15, 0.2) is 11.5 Å². The van der Waals surface area contributed by atoms with Crippen molar-refractivity contribution in [2.24, 2.45) is 5.73 Å². The fourth-order valence-corrected chi connectivity index (χ4v) is 3.43. The fourth-order valence-electron chi connectivity index (χ4n) is 3.43. The van der Waals surface area contributed by atoms with Gasteiger partial charge in [-0.25, -0.2) is 9.97 Å². The van der Waals surface area contributed by atoms with E-state index in [1.807, 2.05) is 48.5 Å². The first-order valence-electron chi connectivity index (χ1n) is 10.7. The minimum Gasteiger partial charge on any atom is -0.493 e. The van der Waals surface area contributed by atoms with Crippen LogP contribution in [0, 0.1) is 0 Å². The second-order valence-corrected chi connectivity index (χ2v) is 7.35. The van der Waals surface area contributed by atoms with Crippen LogP contribution in [0.4, 0.5) is 11.6 Å². The van der Waals surface area contributed by atoms with Crippen LogP contribution in [0.3, 0.4) is 0 Å². The number of nitrogens with zero attached hydrogens (tertiary/aromatic N) is 2. The number of rotatable bonds is 9. The van der Waals surface area contributed by atoms with Crippen LogP contribution in [0.5, 0.6) is 17.2 Å². The minimum atomic E-state index is 0.216. The number of hydrogen-bond acceptors (Lipinski definition) is 8. The lowest BCUT2D eigenvalue weighted by atomic mass is 10.1. The van der Waals surface area contributed by atoms with Crippen LogP contribution in [0.1, 0.15) is 12.8 Å². The molecule has 2 heterocycles. The van der Waals surface area contributed by atoms with Gasteiger partial charge in [0.2, 0.25) is 5.95 Å². The summed E-state index contributed by atoms with van der Waals surface area (Å²) in [5.74, 6) is 2.60. The van der Waals surface area contributed by atoms with E-state index in [2.05, 4.69) is 15.3 Å². The largest absolute Gasteiger partial charge is 0.493 e. The van der Waals surface area contributed by atoms with Crippen molar-refractivity contribution in [2.75, 3.05) is 38.8 Å². The van der Waals surface area contributed by atoms with E-state index in [1.54, 1.807) is 13.3 Å². The molecule has 1 aliphatic heterocycles. The summed E-state index contributed by atoms with van der Waals surface area (Å²) in [6, 6.07) is 15.4. The first-order valence-corrected chi connectivity index (χ1v) is 10.7. The summed E-state index contributed by atoms with van der Waals surface area (Å²) in [6.07, 6.45) is 3.79. The third kappa shape index (κ3) is 5.66. The van der Waals surface area contributed by atoms with Gasteiger partial charge < -0.3 is 30.0 Å². The van der Waals surface area contributed by atoms with Gasteiger partial charge >= 0.3 is 0 Å². The van der Waals surface area contributed by atoms with Crippen LogP contribution >= 0.6 is 0 Å². The molecule has 1 fully saturated rings. The summed E-state index contributed by atoms with van der Waals surface area (Å²) in [7, 11) is 1.60. The predicted molar refractivity (Wildman–Crippen MR) is 123 cm³/mol. The highest BCUT2D eigenvalue weighted by Crippen LogP contribution is 2.31. The highest BCUT2D eigenvalue weighted by atomic mass is 16.5. The van der Waals surface area contributed by atoms with Crippen LogP contribution in [0.2, 0.25) is 0 Å². The van der Waals surface area contributed by atoms with Crippen LogP contribution in [0.15, 0.2) is 54.7 Å². The molecular formula is C24H28N4O4. The van der Waals surface area contributed by atoms with E-state index < -0.39 is 0 Å². The number of nitrogens with one attached hydrogen (secondary N) is 1. The molecule has 8 heteroatoms. The average molecular weight is 437 g/mol. The second kappa shape index (κ2) is 10.8. The van der Waals surface area contributed by atoms with Crippen molar-refractivity contribution in [2.45, 2.75) is 18.9 Å². The van der Waals surface area contributed by atoms with E-state index in [-0.39, 0.29) is 6.10 Å². The zero-order valence-corrected chi connectivity index (χ0v) is 18.1. The number of aromatic nitrogens is 2. The van der Waals surface area contributed by atoms with E-state index in [1.165, 1.54) is 0 Å². The van der Waals surface area contributed by atoms with Crippen LogP contribution < -0.4 is 25.3 Å². The van der Waals surface area contributed by atoms with Crippen molar-refractivity contribution in [3.63, 3.8) is 0 Å². The van der Waals surface area contributed by atoms with Crippen molar-refractivity contribution in [1.29, 1.82) is 0 Å². The Morgan fingerprint density at radius 2 is 1.88 bits per heavy atom. The Morgan fingerprint density at radius 1 is 1.06 bits per heavy atom. The zero-order chi connectivity index (χ0) is 22.2. The normalized spacial score (nSPS) is 14.1.